The summed E-state index contributed by atoms with van der Waals surface area (Å²) >= 11 is 0. The van der Waals surface area contributed by atoms with E-state index >= 15 is 0 Å². The molecule has 3 aromatic rings. The number of nitrogens with one attached hydrogen (secondary N) is 2. The Morgan fingerprint density at radius 3 is 2.21 bits per heavy atom. The Balaban J connectivity index is 2.08. The van der Waals surface area contributed by atoms with Crippen LogP contribution in [0.3, 0.4) is 0 Å². The lowest BCUT2D eigenvalue weighted by molar-refractivity contribution is 0.0702. The lowest BCUT2D eigenvalue weighted by atomic mass is 9.97. The molecule has 6 nitrogen and oxygen atoms in total. The maximum atomic E-state index is 12.6. The molecule has 34 heavy (non-hydrogen) atoms. The second-order valence-corrected chi connectivity index (χ2v) is 7.62. The summed E-state index contributed by atoms with van der Waals surface area (Å²) in [6.45, 7) is 10.9. The molecule has 0 unspecified atom stereocenters. The van der Waals surface area contributed by atoms with Crippen molar-refractivity contribution in [2.75, 3.05) is 18.5 Å². The van der Waals surface area contributed by atoms with Crippen molar-refractivity contribution < 1.29 is 14.7 Å². The first-order valence-electron chi connectivity index (χ1n) is 11.4. The van der Waals surface area contributed by atoms with Crippen molar-refractivity contribution in [1.82, 2.24) is 10.5 Å². The van der Waals surface area contributed by atoms with Crippen LogP contribution in [0, 0.1) is 0 Å². The van der Waals surface area contributed by atoms with Gasteiger partial charge >= 0.3 is 0 Å². The van der Waals surface area contributed by atoms with Crippen LogP contribution in [0.15, 0.2) is 61.2 Å². The summed E-state index contributed by atoms with van der Waals surface area (Å²) in [7, 11) is 0. The van der Waals surface area contributed by atoms with E-state index in [-0.39, 0.29) is 5.56 Å². The number of allylic oxidation sites excluding steroid dienone is 1. The van der Waals surface area contributed by atoms with Gasteiger partial charge in [-0.2, -0.15) is 0 Å². The number of benzene rings is 2. The Morgan fingerprint density at radius 2 is 1.68 bits per heavy atom. The minimum Gasteiger partial charge on any atom is -0.491 e. The third kappa shape index (κ3) is 5.35. The van der Waals surface area contributed by atoms with Crippen LogP contribution in [-0.4, -0.2) is 29.3 Å². The largest absolute Gasteiger partial charge is 0.491 e. The van der Waals surface area contributed by atoms with Crippen molar-refractivity contribution in [3.8, 4) is 28.1 Å². The molecule has 0 aliphatic rings. The van der Waals surface area contributed by atoms with Crippen LogP contribution in [0.25, 0.3) is 34.5 Å². The maximum absolute atomic E-state index is 12.6. The van der Waals surface area contributed by atoms with Crippen LogP contribution in [-0.2, 0) is 0 Å². The molecule has 176 valence electrons. The fourth-order valence-corrected chi connectivity index (χ4v) is 3.72. The predicted molar refractivity (Wildman–Crippen MR) is 139 cm³/mol. The van der Waals surface area contributed by atoms with Crippen molar-refractivity contribution in [3.05, 3.63) is 78.0 Å². The second-order valence-electron chi connectivity index (χ2n) is 7.62. The minimum atomic E-state index is -0.679. The molecule has 0 saturated heterocycles. The van der Waals surface area contributed by atoms with Crippen molar-refractivity contribution in [3.63, 3.8) is 0 Å². The molecule has 0 atom stereocenters. The van der Waals surface area contributed by atoms with Crippen LogP contribution in [0.2, 0.25) is 0 Å². The Labute approximate surface area is 201 Å². The summed E-state index contributed by atoms with van der Waals surface area (Å²) in [5.74, 6) is -0.377. The maximum Gasteiger partial charge on any atom is 0.279 e. The zero-order valence-electron chi connectivity index (χ0n) is 19.9. The normalized spacial score (nSPS) is 10.8. The molecule has 1 aromatic heterocycles. The average Bonchev–Trinajstić information content (AvgIpc) is 2.88. The zero-order chi connectivity index (χ0) is 24.5. The number of pyridine rings is 1. The molecule has 0 radical (unpaired) electrons. The fourth-order valence-electron chi connectivity index (χ4n) is 3.72. The monoisotopic (exact) mass is 457 g/mol. The standard InChI is InChI=1S/C28H31N3O3/c1-5-9-24-23(7-3)25(28(32)31-33)27(34-8-4)26(30-24)21-12-10-19(11-13-21)20-14-16-22(17-15-20)29-18-6-2/h5,7,9-17,29,33H,3,6,8,18H2,1-2,4H3,(H,31,32)/b9-5-. The van der Waals surface area contributed by atoms with Gasteiger partial charge in [0, 0.05) is 23.4 Å². The van der Waals surface area contributed by atoms with Crippen LogP contribution < -0.4 is 15.5 Å². The van der Waals surface area contributed by atoms with E-state index in [1.54, 1.807) is 17.6 Å². The van der Waals surface area contributed by atoms with Gasteiger partial charge in [-0.25, -0.2) is 10.5 Å². The molecule has 0 bridgehead atoms. The van der Waals surface area contributed by atoms with Crippen molar-refractivity contribution in [1.29, 1.82) is 0 Å². The van der Waals surface area contributed by atoms with Gasteiger partial charge in [-0.1, -0.05) is 62.1 Å². The Hall–Kier alpha value is -3.90. The summed E-state index contributed by atoms with van der Waals surface area (Å²) in [6.07, 6.45) is 6.25. The number of hydroxylamine groups is 1. The lowest BCUT2D eigenvalue weighted by Gasteiger charge is -2.18. The number of hydrogen-bond donors (Lipinski definition) is 3. The molecule has 1 amide bonds. The third-order valence-electron chi connectivity index (χ3n) is 5.32. The second kappa shape index (κ2) is 11.8. The number of anilines is 1. The molecule has 0 spiro atoms. The average molecular weight is 458 g/mol. The van der Waals surface area contributed by atoms with Gasteiger partial charge in [0.25, 0.3) is 5.91 Å². The summed E-state index contributed by atoms with van der Waals surface area (Å²) in [5, 5.41) is 12.8. The molecule has 2 aromatic carbocycles. The smallest absolute Gasteiger partial charge is 0.279 e. The Bertz CT molecular complexity index is 1170. The number of amides is 1. The number of ether oxygens (including phenoxy) is 1. The number of aromatic nitrogens is 1. The molecular weight excluding hydrogens is 426 g/mol. The van der Waals surface area contributed by atoms with E-state index < -0.39 is 5.91 Å². The summed E-state index contributed by atoms with van der Waals surface area (Å²) < 4.78 is 5.87. The van der Waals surface area contributed by atoms with Crippen LogP contribution in [0.4, 0.5) is 5.69 Å². The number of nitrogens with zero attached hydrogens (tertiary/aromatic N) is 1. The van der Waals surface area contributed by atoms with Crippen LogP contribution in [0.5, 0.6) is 5.75 Å². The highest BCUT2D eigenvalue weighted by Gasteiger charge is 2.24. The SMILES string of the molecule is C=Cc1c(/C=C\C)nc(-c2ccc(-c3ccc(NCCC)cc3)cc2)c(OCC)c1C(=O)NO. The van der Waals surface area contributed by atoms with Gasteiger partial charge in [-0.15, -0.1) is 0 Å². The zero-order valence-corrected chi connectivity index (χ0v) is 19.9. The van der Waals surface area contributed by atoms with E-state index in [0.717, 1.165) is 35.3 Å². The highest BCUT2D eigenvalue weighted by atomic mass is 16.5. The highest BCUT2D eigenvalue weighted by molar-refractivity contribution is 6.02. The highest BCUT2D eigenvalue weighted by Crippen LogP contribution is 2.37. The van der Waals surface area contributed by atoms with Gasteiger partial charge in [-0.3, -0.25) is 10.0 Å². The molecule has 6 heteroatoms. The quantitative estimate of drug-likeness (QED) is 0.241. The molecule has 1 heterocycles. The van der Waals surface area contributed by atoms with Gasteiger partial charge in [0.05, 0.1) is 17.9 Å². The van der Waals surface area contributed by atoms with E-state index in [1.807, 2.05) is 44.2 Å². The predicted octanol–water partition coefficient (Wildman–Crippen LogP) is 6.43. The van der Waals surface area contributed by atoms with Crippen LogP contribution >= 0.6 is 0 Å². The number of rotatable bonds is 10. The first kappa shape index (κ1) is 24.7. The Morgan fingerprint density at radius 1 is 1.06 bits per heavy atom. The number of hydrogen-bond acceptors (Lipinski definition) is 5. The molecule has 3 rings (SSSR count). The third-order valence-corrected chi connectivity index (χ3v) is 5.32. The number of carbonyl (C=O) groups is 1. The fraction of sp³-hybridized carbons (Fsp3) is 0.214. The van der Waals surface area contributed by atoms with Gasteiger partial charge in [0.15, 0.2) is 5.75 Å². The molecule has 0 saturated carbocycles. The molecule has 0 aliphatic heterocycles. The van der Waals surface area contributed by atoms with E-state index in [0.29, 0.717) is 29.3 Å². The van der Waals surface area contributed by atoms with Crippen LogP contribution in [0.1, 0.15) is 48.8 Å². The van der Waals surface area contributed by atoms with E-state index in [2.05, 4.69) is 43.1 Å². The summed E-state index contributed by atoms with van der Waals surface area (Å²) in [5.41, 5.74) is 7.55. The minimum absolute atomic E-state index is 0.191. The first-order valence-corrected chi connectivity index (χ1v) is 11.4. The number of carbonyl (C=O) groups excluding carboxylic acids is 1. The van der Waals surface area contributed by atoms with Gasteiger partial charge in [0.1, 0.15) is 5.69 Å². The van der Waals surface area contributed by atoms with E-state index in [9.17, 15) is 10.0 Å². The topological polar surface area (TPSA) is 83.5 Å². The van der Waals surface area contributed by atoms with Crippen molar-refractivity contribution in [2.24, 2.45) is 0 Å². The molecule has 0 aliphatic carbocycles. The molecular formula is C28H31N3O3. The van der Waals surface area contributed by atoms with E-state index in [4.69, 9.17) is 9.72 Å². The van der Waals surface area contributed by atoms with Gasteiger partial charge in [-0.05, 0) is 49.6 Å². The summed E-state index contributed by atoms with van der Waals surface area (Å²) in [4.78, 5) is 17.4. The first-order chi connectivity index (χ1) is 16.6. The lowest BCUT2D eigenvalue weighted by Crippen LogP contribution is -2.22. The van der Waals surface area contributed by atoms with Gasteiger partial charge in [0.2, 0.25) is 0 Å². The van der Waals surface area contributed by atoms with Gasteiger partial charge < -0.3 is 10.1 Å². The van der Waals surface area contributed by atoms with Crippen molar-refractivity contribution in [2.45, 2.75) is 27.2 Å². The van der Waals surface area contributed by atoms with E-state index in [1.165, 1.54) is 0 Å². The summed E-state index contributed by atoms with van der Waals surface area (Å²) in [6, 6.07) is 16.3. The molecule has 3 N–H and O–H groups in total. The van der Waals surface area contributed by atoms with Crippen molar-refractivity contribution >= 4 is 23.7 Å². The Kier molecular flexibility index (Phi) is 8.60. The molecule has 0 fully saturated rings.